The third-order valence-electron chi connectivity index (χ3n) is 3.54. The van der Waals surface area contributed by atoms with E-state index in [2.05, 4.69) is 12.2 Å². The Hall–Kier alpha value is -1.25. The molecule has 0 spiro atoms. The summed E-state index contributed by atoms with van der Waals surface area (Å²) in [7, 11) is 0. The van der Waals surface area contributed by atoms with Crippen LogP contribution in [0.4, 0.5) is 5.69 Å². The van der Waals surface area contributed by atoms with Crippen LogP contribution in [0.2, 0.25) is 0 Å². The molecule has 1 fully saturated rings. The van der Waals surface area contributed by atoms with Crippen LogP contribution in [0.15, 0.2) is 23.1 Å². The van der Waals surface area contributed by atoms with Gasteiger partial charge in [-0.15, -0.1) is 0 Å². The maximum absolute atomic E-state index is 11.4. The molecule has 0 bridgehead atoms. The molecular weight excluding hydrogens is 200 g/mol. The quantitative estimate of drug-likeness (QED) is 0.849. The number of rotatable bonds is 3. The smallest absolute Gasteiger partial charge is 0.250 e. The molecule has 0 amide bonds. The molecule has 1 aromatic heterocycles. The highest BCUT2D eigenvalue weighted by molar-refractivity contribution is 5.41. The first-order chi connectivity index (χ1) is 7.70. The summed E-state index contributed by atoms with van der Waals surface area (Å²) in [6.45, 7) is 5.01. The Balaban J connectivity index is 2.12. The van der Waals surface area contributed by atoms with Gasteiger partial charge in [-0.1, -0.05) is 13.3 Å². The minimum atomic E-state index is 0.0764. The number of nitrogens with one attached hydrogen (secondary N) is 1. The van der Waals surface area contributed by atoms with Crippen LogP contribution in [-0.2, 0) is 6.54 Å². The van der Waals surface area contributed by atoms with Gasteiger partial charge in [0.05, 0.1) is 5.69 Å². The number of nitrogens with zero attached hydrogens (tertiary/aromatic N) is 1. The van der Waals surface area contributed by atoms with Crippen molar-refractivity contribution in [3.05, 3.63) is 28.7 Å². The number of aromatic nitrogens is 1. The van der Waals surface area contributed by atoms with Crippen LogP contribution in [0.1, 0.15) is 33.1 Å². The maximum atomic E-state index is 11.4. The molecule has 1 aliphatic carbocycles. The summed E-state index contributed by atoms with van der Waals surface area (Å²) in [5, 5.41) is 3.53. The average molecular weight is 220 g/mol. The highest BCUT2D eigenvalue weighted by Crippen LogP contribution is 2.27. The van der Waals surface area contributed by atoms with Crippen molar-refractivity contribution in [2.45, 2.75) is 45.7 Å². The topological polar surface area (TPSA) is 34.0 Å². The molecule has 2 atom stereocenters. The van der Waals surface area contributed by atoms with Gasteiger partial charge in [-0.3, -0.25) is 4.79 Å². The molecule has 0 aromatic carbocycles. The van der Waals surface area contributed by atoms with Crippen molar-refractivity contribution >= 4 is 5.69 Å². The highest BCUT2D eigenvalue weighted by Gasteiger charge is 2.22. The zero-order valence-corrected chi connectivity index (χ0v) is 10.1. The van der Waals surface area contributed by atoms with Crippen molar-refractivity contribution in [2.24, 2.45) is 5.92 Å². The molecule has 0 aliphatic heterocycles. The van der Waals surface area contributed by atoms with Gasteiger partial charge in [0.1, 0.15) is 0 Å². The SMILES string of the molecule is CCn1cc(NC2CCCC2C)ccc1=O. The second kappa shape index (κ2) is 4.73. The standard InChI is InChI=1S/C13H20N2O/c1-3-15-9-11(7-8-13(15)16)14-12-6-4-5-10(12)2/h7-10,12,14H,3-6H2,1-2H3. The molecule has 1 aromatic rings. The molecule has 0 saturated heterocycles. The van der Waals surface area contributed by atoms with Gasteiger partial charge in [0.15, 0.2) is 0 Å². The van der Waals surface area contributed by atoms with Gasteiger partial charge >= 0.3 is 0 Å². The normalized spacial score (nSPS) is 24.6. The summed E-state index contributed by atoms with van der Waals surface area (Å²) in [4.78, 5) is 11.4. The third-order valence-corrected chi connectivity index (χ3v) is 3.54. The number of anilines is 1. The summed E-state index contributed by atoms with van der Waals surface area (Å²) < 4.78 is 1.74. The van der Waals surface area contributed by atoms with E-state index in [1.807, 2.05) is 19.2 Å². The third kappa shape index (κ3) is 2.29. The van der Waals surface area contributed by atoms with E-state index in [0.29, 0.717) is 6.04 Å². The van der Waals surface area contributed by atoms with E-state index in [4.69, 9.17) is 0 Å². The second-order valence-electron chi connectivity index (χ2n) is 4.70. The van der Waals surface area contributed by atoms with Crippen LogP contribution >= 0.6 is 0 Å². The minimum absolute atomic E-state index is 0.0764. The highest BCUT2D eigenvalue weighted by atomic mass is 16.1. The number of hydrogen-bond donors (Lipinski definition) is 1. The summed E-state index contributed by atoms with van der Waals surface area (Å²) in [6, 6.07) is 4.10. The van der Waals surface area contributed by atoms with Gasteiger partial charge in [-0.25, -0.2) is 0 Å². The van der Waals surface area contributed by atoms with Crippen molar-refractivity contribution in [3.8, 4) is 0 Å². The first kappa shape index (κ1) is 11.2. The molecule has 2 rings (SSSR count). The Morgan fingerprint density at radius 3 is 2.88 bits per heavy atom. The van der Waals surface area contributed by atoms with Crippen molar-refractivity contribution in [1.29, 1.82) is 0 Å². The van der Waals surface area contributed by atoms with Crippen LogP contribution in [0.25, 0.3) is 0 Å². The number of aryl methyl sites for hydroxylation is 1. The van der Waals surface area contributed by atoms with E-state index < -0.39 is 0 Å². The number of pyridine rings is 1. The van der Waals surface area contributed by atoms with E-state index in [9.17, 15) is 4.79 Å². The largest absolute Gasteiger partial charge is 0.381 e. The van der Waals surface area contributed by atoms with Gasteiger partial charge in [0.25, 0.3) is 5.56 Å². The predicted molar refractivity (Wildman–Crippen MR) is 66.8 cm³/mol. The van der Waals surface area contributed by atoms with Crippen molar-refractivity contribution < 1.29 is 0 Å². The fraction of sp³-hybridized carbons (Fsp3) is 0.615. The van der Waals surface area contributed by atoms with E-state index in [1.54, 1.807) is 10.6 Å². The van der Waals surface area contributed by atoms with Crippen LogP contribution in [0.3, 0.4) is 0 Å². The van der Waals surface area contributed by atoms with Crippen LogP contribution in [0.5, 0.6) is 0 Å². The molecule has 1 saturated carbocycles. The van der Waals surface area contributed by atoms with Crippen molar-refractivity contribution in [3.63, 3.8) is 0 Å². The van der Waals surface area contributed by atoms with Gasteiger partial charge in [0, 0.05) is 24.8 Å². The lowest BCUT2D eigenvalue weighted by Gasteiger charge is -2.19. The summed E-state index contributed by atoms with van der Waals surface area (Å²) in [5.74, 6) is 0.738. The molecule has 1 heterocycles. The lowest BCUT2D eigenvalue weighted by molar-refractivity contribution is 0.555. The monoisotopic (exact) mass is 220 g/mol. The van der Waals surface area contributed by atoms with Gasteiger partial charge in [-0.05, 0) is 31.7 Å². The minimum Gasteiger partial charge on any atom is -0.381 e. The van der Waals surface area contributed by atoms with Crippen LogP contribution in [0, 0.1) is 5.92 Å². The lowest BCUT2D eigenvalue weighted by atomic mass is 10.1. The first-order valence-electron chi connectivity index (χ1n) is 6.17. The Bertz CT molecular complexity index is 411. The molecular formula is C13H20N2O. The van der Waals surface area contributed by atoms with Crippen molar-refractivity contribution in [2.75, 3.05) is 5.32 Å². The van der Waals surface area contributed by atoms with Crippen LogP contribution in [-0.4, -0.2) is 10.6 Å². The predicted octanol–water partition coefficient (Wildman–Crippen LogP) is 2.47. The van der Waals surface area contributed by atoms with E-state index in [-0.39, 0.29) is 5.56 Å². The van der Waals surface area contributed by atoms with E-state index in [1.165, 1.54) is 19.3 Å². The molecule has 3 heteroatoms. The second-order valence-corrected chi connectivity index (χ2v) is 4.70. The fourth-order valence-corrected chi connectivity index (χ4v) is 2.44. The fourth-order valence-electron chi connectivity index (χ4n) is 2.44. The van der Waals surface area contributed by atoms with Gasteiger partial charge in [0.2, 0.25) is 0 Å². The molecule has 0 radical (unpaired) electrons. The number of hydrogen-bond acceptors (Lipinski definition) is 2. The molecule has 16 heavy (non-hydrogen) atoms. The summed E-state index contributed by atoms with van der Waals surface area (Å²) >= 11 is 0. The van der Waals surface area contributed by atoms with E-state index in [0.717, 1.165) is 18.2 Å². The summed E-state index contributed by atoms with van der Waals surface area (Å²) in [6.07, 6.45) is 5.79. The zero-order chi connectivity index (χ0) is 11.5. The average Bonchev–Trinajstić information content (AvgIpc) is 2.67. The first-order valence-corrected chi connectivity index (χ1v) is 6.17. The Kier molecular flexibility index (Phi) is 3.32. The molecule has 1 aliphatic rings. The van der Waals surface area contributed by atoms with Gasteiger partial charge in [-0.2, -0.15) is 0 Å². The zero-order valence-electron chi connectivity index (χ0n) is 10.1. The van der Waals surface area contributed by atoms with E-state index >= 15 is 0 Å². The van der Waals surface area contributed by atoms with Crippen LogP contribution < -0.4 is 10.9 Å². The lowest BCUT2D eigenvalue weighted by Crippen LogP contribution is -2.24. The summed E-state index contributed by atoms with van der Waals surface area (Å²) in [5.41, 5.74) is 1.15. The Labute approximate surface area is 96.5 Å². The maximum Gasteiger partial charge on any atom is 0.250 e. The molecule has 2 unspecified atom stereocenters. The Morgan fingerprint density at radius 1 is 1.44 bits per heavy atom. The molecule has 1 N–H and O–H groups in total. The van der Waals surface area contributed by atoms with Crippen molar-refractivity contribution in [1.82, 2.24) is 4.57 Å². The molecule has 3 nitrogen and oxygen atoms in total. The Morgan fingerprint density at radius 2 is 2.25 bits per heavy atom. The van der Waals surface area contributed by atoms with Gasteiger partial charge < -0.3 is 9.88 Å². The molecule has 88 valence electrons.